The Hall–Kier alpha value is -2.20. The van der Waals surface area contributed by atoms with Crippen molar-refractivity contribution in [1.29, 1.82) is 0 Å². The number of aromatic nitrogens is 3. The molecule has 0 bridgehead atoms. The summed E-state index contributed by atoms with van der Waals surface area (Å²) >= 11 is 0. The fourth-order valence-electron chi connectivity index (χ4n) is 2.47. The summed E-state index contributed by atoms with van der Waals surface area (Å²) < 4.78 is 1.83. The minimum Gasteiger partial charge on any atom is -0.306 e. The van der Waals surface area contributed by atoms with E-state index < -0.39 is 0 Å². The van der Waals surface area contributed by atoms with Crippen LogP contribution in [0, 0.1) is 0 Å². The number of pyridine rings is 1. The smallest absolute Gasteiger partial charge is 0.0702 e. The number of hydrogen-bond donors (Lipinski definition) is 1. The summed E-state index contributed by atoms with van der Waals surface area (Å²) in [5, 5.41) is 8.93. The molecule has 20 heavy (non-hydrogen) atoms. The van der Waals surface area contributed by atoms with E-state index in [1.54, 1.807) is 0 Å². The highest BCUT2D eigenvalue weighted by Gasteiger charge is 2.15. The predicted octanol–water partition coefficient (Wildman–Crippen LogP) is 2.67. The van der Waals surface area contributed by atoms with Gasteiger partial charge in [0, 0.05) is 30.4 Å². The van der Waals surface area contributed by atoms with Crippen molar-refractivity contribution in [2.24, 2.45) is 7.05 Å². The zero-order valence-corrected chi connectivity index (χ0v) is 11.7. The summed E-state index contributed by atoms with van der Waals surface area (Å²) in [5.74, 6) is 0. The number of nitrogens with one attached hydrogen (secondary N) is 1. The summed E-state index contributed by atoms with van der Waals surface area (Å²) in [6, 6.07) is 10.5. The first kappa shape index (κ1) is 12.8. The molecule has 4 heteroatoms. The third-order valence-corrected chi connectivity index (χ3v) is 3.41. The highest BCUT2D eigenvalue weighted by Crippen LogP contribution is 2.23. The van der Waals surface area contributed by atoms with Gasteiger partial charge in [0.05, 0.1) is 17.8 Å². The lowest BCUT2D eigenvalue weighted by molar-refractivity contribution is 0.628. The average molecular weight is 266 g/mol. The van der Waals surface area contributed by atoms with E-state index in [4.69, 9.17) is 0 Å². The van der Waals surface area contributed by atoms with Crippen LogP contribution >= 0.6 is 0 Å². The van der Waals surface area contributed by atoms with Crippen LogP contribution in [0.25, 0.3) is 10.9 Å². The summed E-state index contributed by atoms with van der Waals surface area (Å²) in [6.07, 6.45) is 5.90. The largest absolute Gasteiger partial charge is 0.306 e. The Morgan fingerprint density at radius 1 is 1.20 bits per heavy atom. The fourth-order valence-corrected chi connectivity index (χ4v) is 2.47. The van der Waals surface area contributed by atoms with Crippen molar-refractivity contribution in [3.05, 3.63) is 60.0 Å². The third kappa shape index (κ3) is 2.42. The Balaban J connectivity index is 2.04. The maximum Gasteiger partial charge on any atom is 0.0702 e. The number of nitrogens with zero attached hydrogens (tertiary/aromatic N) is 3. The van der Waals surface area contributed by atoms with Gasteiger partial charge in [0.2, 0.25) is 0 Å². The van der Waals surface area contributed by atoms with Gasteiger partial charge < -0.3 is 5.32 Å². The first-order valence-corrected chi connectivity index (χ1v) is 6.84. The van der Waals surface area contributed by atoms with Crippen molar-refractivity contribution >= 4 is 10.9 Å². The van der Waals surface area contributed by atoms with E-state index in [1.807, 2.05) is 48.5 Å². The number of para-hydroxylation sites is 1. The summed E-state index contributed by atoms with van der Waals surface area (Å²) in [7, 11) is 1.94. The second kappa shape index (κ2) is 5.43. The van der Waals surface area contributed by atoms with Gasteiger partial charge in [-0.25, -0.2) is 0 Å². The number of rotatable bonds is 4. The zero-order chi connectivity index (χ0) is 13.9. The molecular weight excluding hydrogens is 248 g/mol. The normalized spacial score (nSPS) is 12.7. The lowest BCUT2D eigenvalue weighted by Crippen LogP contribution is -2.21. The molecule has 0 saturated heterocycles. The quantitative estimate of drug-likeness (QED) is 0.789. The molecule has 1 unspecified atom stereocenters. The molecule has 0 radical (unpaired) electrons. The molecule has 102 valence electrons. The van der Waals surface area contributed by atoms with Gasteiger partial charge in [-0.05, 0) is 24.2 Å². The van der Waals surface area contributed by atoms with Gasteiger partial charge >= 0.3 is 0 Å². The molecule has 2 aromatic heterocycles. The molecule has 1 N–H and O–H groups in total. The van der Waals surface area contributed by atoms with E-state index >= 15 is 0 Å². The highest BCUT2D eigenvalue weighted by atomic mass is 15.2. The number of hydrogen-bond acceptors (Lipinski definition) is 3. The van der Waals surface area contributed by atoms with Crippen LogP contribution in [0.2, 0.25) is 0 Å². The Morgan fingerprint density at radius 3 is 2.80 bits per heavy atom. The van der Waals surface area contributed by atoms with Gasteiger partial charge in [-0.15, -0.1) is 0 Å². The number of benzene rings is 1. The van der Waals surface area contributed by atoms with Crippen LogP contribution in [0.1, 0.15) is 24.1 Å². The van der Waals surface area contributed by atoms with Crippen LogP contribution in [0.5, 0.6) is 0 Å². The molecule has 3 rings (SSSR count). The van der Waals surface area contributed by atoms with Gasteiger partial charge in [-0.2, -0.15) is 5.10 Å². The second-order valence-electron chi connectivity index (χ2n) is 4.90. The molecule has 0 saturated carbocycles. The van der Waals surface area contributed by atoms with Crippen molar-refractivity contribution < 1.29 is 0 Å². The van der Waals surface area contributed by atoms with Gasteiger partial charge in [0.25, 0.3) is 0 Å². The van der Waals surface area contributed by atoms with E-state index in [1.165, 1.54) is 5.56 Å². The van der Waals surface area contributed by atoms with Gasteiger partial charge in [0.15, 0.2) is 0 Å². The van der Waals surface area contributed by atoms with Crippen LogP contribution in [0.3, 0.4) is 0 Å². The molecule has 2 heterocycles. The fraction of sp³-hybridized carbons (Fsp3) is 0.250. The molecular formula is C16H18N4. The second-order valence-corrected chi connectivity index (χ2v) is 4.90. The molecule has 4 nitrogen and oxygen atoms in total. The number of fused-ring (bicyclic) bond motifs is 1. The SMILES string of the molecule is CCNC(c1cnc2ccccc2c1)c1cnn(C)c1. The predicted molar refractivity (Wildman–Crippen MR) is 80.5 cm³/mol. The molecule has 1 aromatic carbocycles. The number of aryl methyl sites for hydroxylation is 1. The molecule has 0 amide bonds. The van der Waals surface area contributed by atoms with Crippen LogP contribution in [0.4, 0.5) is 0 Å². The van der Waals surface area contributed by atoms with Crippen molar-refractivity contribution in [3.8, 4) is 0 Å². The Bertz CT molecular complexity index is 717. The standard InChI is InChI=1S/C16H18N4/c1-3-17-16(14-10-19-20(2)11-14)13-8-12-6-4-5-7-15(12)18-9-13/h4-11,16-17H,3H2,1-2H3. The maximum atomic E-state index is 4.55. The summed E-state index contributed by atoms with van der Waals surface area (Å²) in [4.78, 5) is 4.55. The first-order chi connectivity index (χ1) is 9.78. The van der Waals surface area contributed by atoms with Gasteiger partial charge in [-0.3, -0.25) is 9.67 Å². The summed E-state index contributed by atoms with van der Waals surface area (Å²) in [6.45, 7) is 3.00. The van der Waals surface area contributed by atoms with Crippen LogP contribution < -0.4 is 5.32 Å². The third-order valence-electron chi connectivity index (χ3n) is 3.41. The van der Waals surface area contributed by atoms with E-state index in [9.17, 15) is 0 Å². The van der Waals surface area contributed by atoms with E-state index in [0.717, 1.165) is 23.0 Å². The molecule has 0 spiro atoms. The molecule has 1 atom stereocenters. The highest BCUT2D eigenvalue weighted by molar-refractivity contribution is 5.78. The Morgan fingerprint density at radius 2 is 2.05 bits per heavy atom. The lowest BCUT2D eigenvalue weighted by Gasteiger charge is -2.17. The Labute approximate surface area is 118 Å². The molecule has 0 aliphatic rings. The maximum absolute atomic E-state index is 4.55. The van der Waals surface area contributed by atoms with Crippen molar-refractivity contribution in [1.82, 2.24) is 20.1 Å². The lowest BCUT2D eigenvalue weighted by atomic mass is 10.0. The van der Waals surface area contributed by atoms with Crippen LogP contribution in [0.15, 0.2) is 48.9 Å². The topological polar surface area (TPSA) is 42.7 Å². The van der Waals surface area contributed by atoms with Crippen molar-refractivity contribution in [2.45, 2.75) is 13.0 Å². The van der Waals surface area contributed by atoms with Crippen molar-refractivity contribution in [2.75, 3.05) is 6.54 Å². The van der Waals surface area contributed by atoms with Gasteiger partial charge in [-0.1, -0.05) is 25.1 Å². The van der Waals surface area contributed by atoms with Crippen LogP contribution in [-0.2, 0) is 7.05 Å². The minimum atomic E-state index is 0.130. The zero-order valence-electron chi connectivity index (χ0n) is 11.7. The Kier molecular flexibility index (Phi) is 3.48. The van der Waals surface area contributed by atoms with Crippen molar-refractivity contribution in [3.63, 3.8) is 0 Å². The molecule has 0 fully saturated rings. The molecule has 3 aromatic rings. The van der Waals surface area contributed by atoms with Crippen LogP contribution in [-0.4, -0.2) is 21.3 Å². The average Bonchev–Trinajstić information content (AvgIpc) is 2.90. The monoisotopic (exact) mass is 266 g/mol. The van der Waals surface area contributed by atoms with E-state index in [-0.39, 0.29) is 6.04 Å². The van der Waals surface area contributed by atoms with E-state index in [0.29, 0.717) is 0 Å². The minimum absolute atomic E-state index is 0.130. The first-order valence-electron chi connectivity index (χ1n) is 6.84. The van der Waals surface area contributed by atoms with E-state index in [2.05, 4.69) is 34.5 Å². The summed E-state index contributed by atoms with van der Waals surface area (Å²) in [5.41, 5.74) is 3.35. The molecule has 0 aliphatic carbocycles. The van der Waals surface area contributed by atoms with Gasteiger partial charge in [0.1, 0.15) is 0 Å². The molecule has 0 aliphatic heterocycles.